The lowest BCUT2D eigenvalue weighted by Crippen LogP contribution is -2.48. The molecule has 0 amide bonds. The third kappa shape index (κ3) is 4.96. The van der Waals surface area contributed by atoms with E-state index in [0.29, 0.717) is 17.5 Å². The summed E-state index contributed by atoms with van der Waals surface area (Å²) in [5.74, 6) is 2.75. The van der Waals surface area contributed by atoms with E-state index in [1.165, 1.54) is 6.42 Å². The van der Waals surface area contributed by atoms with Crippen LogP contribution in [0.2, 0.25) is 0 Å². The topological polar surface area (TPSA) is 57.1 Å². The number of guanidine groups is 1. The number of hydrogen-bond donors (Lipinski definition) is 2. The Hall–Kier alpha value is -1.56. The fourth-order valence-corrected chi connectivity index (χ4v) is 3.76. The van der Waals surface area contributed by atoms with Gasteiger partial charge in [-0.1, -0.05) is 13.0 Å². The maximum absolute atomic E-state index is 9.87. The molecule has 0 saturated carbocycles. The van der Waals surface area contributed by atoms with Crippen LogP contribution >= 0.6 is 11.8 Å². The fraction of sp³-hybridized carbons (Fsp3) is 0.588. The Bertz CT molecular complexity index is 537. The minimum atomic E-state index is 0.158. The average Bonchev–Trinajstić information content (AvgIpc) is 2.58. The molecule has 1 aromatic rings. The third-order valence-corrected chi connectivity index (χ3v) is 5.26. The third-order valence-electron chi connectivity index (χ3n) is 3.88. The van der Waals surface area contributed by atoms with Gasteiger partial charge in [0.15, 0.2) is 17.5 Å². The predicted octanol–water partition coefficient (Wildman–Crippen LogP) is 2.69. The van der Waals surface area contributed by atoms with Gasteiger partial charge in [0.1, 0.15) is 0 Å². The van der Waals surface area contributed by atoms with Crippen LogP contribution in [0.1, 0.15) is 25.8 Å². The summed E-state index contributed by atoms with van der Waals surface area (Å²) in [6.45, 7) is 7.80. The Morgan fingerprint density at radius 3 is 2.96 bits per heavy atom. The zero-order chi connectivity index (χ0) is 16.7. The highest BCUT2D eigenvalue weighted by atomic mass is 32.2. The van der Waals surface area contributed by atoms with Gasteiger partial charge in [-0.25, -0.2) is 4.99 Å². The van der Waals surface area contributed by atoms with Crippen LogP contribution in [-0.4, -0.2) is 53.7 Å². The van der Waals surface area contributed by atoms with Crippen molar-refractivity contribution in [1.29, 1.82) is 0 Å². The molecule has 1 saturated heterocycles. The first-order chi connectivity index (χ1) is 11.2. The lowest BCUT2D eigenvalue weighted by molar-refractivity contribution is 0.373. The molecule has 1 heterocycles. The molecule has 1 atom stereocenters. The molecule has 1 aliphatic heterocycles. The smallest absolute Gasteiger partial charge is 0.194 e. The summed E-state index contributed by atoms with van der Waals surface area (Å²) >= 11 is 2.05. The van der Waals surface area contributed by atoms with Crippen molar-refractivity contribution in [1.82, 2.24) is 10.2 Å². The molecule has 1 aliphatic rings. The number of methoxy groups -OCH3 is 1. The van der Waals surface area contributed by atoms with Crippen molar-refractivity contribution in [3.63, 3.8) is 0 Å². The van der Waals surface area contributed by atoms with Crippen molar-refractivity contribution < 1.29 is 9.84 Å². The molecule has 1 unspecified atom stereocenters. The number of aliphatic imine (C=N–C) groups is 1. The second kappa shape index (κ2) is 8.91. The molecule has 1 fully saturated rings. The van der Waals surface area contributed by atoms with Crippen molar-refractivity contribution in [3.05, 3.63) is 23.8 Å². The quantitative estimate of drug-likeness (QED) is 0.639. The highest BCUT2D eigenvalue weighted by molar-refractivity contribution is 8.00. The molecule has 2 N–H and O–H groups in total. The number of ether oxygens (including phenoxy) is 1. The fourth-order valence-electron chi connectivity index (χ4n) is 2.58. The van der Waals surface area contributed by atoms with E-state index in [1.807, 2.05) is 6.07 Å². The van der Waals surface area contributed by atoms with Crippen LogP contribution in [0.5, 0.6) is 11.5 Å². The Morgan fingerprint density at radius 1 is 1.48 bits per heavy atom. The molecule has 1 aromatic carbocycles. The summed E-state index contributed by atoms with van der Waals surface area (Å²) in [7, 11) is 1.55. The van der Waals surface area contributed by atoms with Gasteiger partial charge in [-0.2, -0.15) is 11.8 Å². The number of aromatic hydroxyl groups is 1. The highest BCUT2D eigenvalue weighted by Crippen LogP contribution is 2.26. The summed E-state index contributed by atoms with van der Waals surface area (Å²) in [5, 5.41) is 13.9. The standard InChI is InChI=1S/C17H27N3O2S/c1-4-14-12-20(8-9-23-14)17(18-5-2)19-11-13-6-7-16(22-3)15(21)10-13/h6-7,10,14,21H,4-5,8-9,11-12H2,1-3H3,(H,18,19). The second-order valence-electron chi connectivity index (χ2n) is 5.52. The molecular weight excluding hydrogens is 310 g/mol. The predicted molar refractivity (Wildman–Crippen MR) is 97.6 cm³/mol. The van der Waals surface area contributed by atoms with E-state index >= 15 is 0 Å². The van der Waals surface area contributed by atoms with Gasteiger partial charge >= 0.3 is 0 Å². The monoisotopic (exact) mass is 337 g/mol. The summed E-state index contributed by atoms with van der Waals surface area (Å²) in [6.07, 6.45) is 1.19. The van der Waals surface area contributed by atoms with Gasteiger partial charge in [-0.15, -0.1) is 0 Å². The van der Waals surface area contributed by atoms with Crippen LogP contribution in [0, 0.1) is 0 Å². The van der Waals surface area contributed by atoms with Crippen LogP contribution < -0.4 is 10.1 Å². The first-order valence-electron chi connectivity index (χ1n) is 8.18. The Morgan fingerprint density at radius 2 is 2.30 bits per heavy atom. The number of hydrogen-bond acceptors (Lipinski definition) is 4. The molecule has 0 spiro atoms. The van der Waals surface area contributed by atoms with Crippen LogP contribution in [-0.2, 0) is 6.54 Å². The number of phenolic OH excluding ortho intramolecular Hbond substituents is 1. The Kier molecular flexibility index (Phi) is 6.89. The van der Waals surface area contributed by atoms with Crippen molar-refractivity contribution in [3.8, 4) is 11.5 Å². The zero-order valence-corrected chi connectivity index (χ0v) is 15.0. The van der Waals surface area contributed by atoms with Gasteiger partial charge in [0.2, 0.25) is 0 Å². The van der Waals surface area contributed by atoms with E-state index in [4.69, 9.17) is 9.73 Å². The van der Waals surface area contributed by atoms with Crippen LogP contribution in [0.3, 0.4) is 0 Å². The largest absolute Gasteiger partial charge is 0.504 e. The van der Waals surface area contributed by atoms with Crippen molar-refractivity contribution >= 4 is 17.7 Å². The molecule has 5 nitrogen and oxygen atoms in total. The average molecular weight is 337 g/mol. The van der Waals surface area contributed by atoms with Gasteiger partial charge in [0.25, 0.3) is 0 Å². The molecule has 0 bridgehead atoms. The van der Waals surface area contributed by atoms with Crippen molar-refractivity contribution in [2.75, 3.05) is 32.5 Å². The van der Waals surface area contributed by atoms with E-state index < -0.39 is 0 Å². The Labute approximate surface area is 143 Å². The molecular formula is C17H27N3O2S. The number of nitrogens with zero attached hydrogens (tertiary/aromatic N) is 2. The summed E-state index contributed by atoms with van der Waals surface area (Å²) in [4.78, 5) is 7.09. The van der Waals surface area contributed by atoms with E-state index in [2.05, 4.69) is 35.8 Å². The maximum Gasteiger partial charge on any atom is 0.194 e. The molecule has 23 heavy (non-hydrogen) atoms. The van der Waals surface area contributed by atoms with Crippen molar-refractivity contribution in [2.45, 2.75) is 32.1 Å². The SMILES string of the molecule is CCNC(=NCc1ccc(OC)c(O)c1)N1CCSC(CC)C1. The molecule has 0 aliphatic carbocycles. The maximum atomic E-state index is 9.87. The van der Waals surface area contributed by atoms with Crippen LogP contribution in [0.4, 0.5) is 0 Å². The first-order valence-corrected chi connectivity index (χ1v) is 9.23. The zero-order valence-electron chi connectivity index (χ0n) is 14.2. The molecule has 0 radical (unpaired) electrons. The van der Waals surface area contributed by atoms with E-state index in [9.17, 15) is 5.11 Å². The first kappa shape index (κ1) is 17.8. The van der Waals surface area contributed by atoms with Crippen LogP contribution in [0.25, 0.3) is 0 Å². The van der Waals surface area contributed by atoms with Gasteiger partial charge in [-0.3, -0.25) is 0 Å². The number of benzene rings is 1. The lowest BCUT2D eigenvalue weighted by atomic mass is 10.2. The Balaban J connectivity index is 2.07. The van der Waals surface area contributed by atoms with Gasteiger partial charge < -0.3 is 20.1 Å². The van der Waals surface area contributed by atoms with E-state index in [-0.39, 0.29) is 5.75 Å². The minimum absolute atomic E-state index is 0.158. The summed E-state index contributed by atoms with van der Waals surface area (Å²) in [5.41, 5.74) is 0.970. The normalized spacial score (nSPS) is 18.8. The molecule has 0 aromatic heterocycles. The number of nitrogens with one attached hydrogen (secondary N) is 1. The summed E-state index contributed by atoms with van der Waals surface area (Å²) < 4.78 is 5.07. The number of phenols is 1. The lowest BCUT2D eigenvalue weighted by Gasteiger charge is -2.34. The second-order valence-corrected chi connectivity index (χ2v) is 6.93. The molecule has 128 valence electrons. The minimum Gasteiger partial charge on any atom is -0.504 e. The van der Waals surface area contributed by atoms with Crippen LogP contribution in [0.15, 0.2) is 23.2 Å². The van der Waals surface area contributed by atoms with Crippen molar-refractivity contribution in [2.24, 2.45) is 4.99 Å². The summed E-state index contributed by atoms with van der Waals surface area (Å²) in [6, 6.07) is 5.43. The number of rotatable bonds is 5. The van der Waals surface area contributed by atoms with Gasteiger partial charge in [-0.05, 0) is 31.0 Å². The van der Waals surface area contributed by atoms with Gasteiger partial charge in [0, 0.05) is 30.6 Å². The highest BCUT2D eigenvalue weighted by Gasteiger charge is 2.21. The number of thioether (sulfide) groups is 1. The molecule has 6 heteroatoms. The van der Waals surface area contributed by atoms with Gasteiger partial charge in [0.05, 0.1) is 13.7 Å². The van der Waals surface area contributed by atoms with E-state index in [1.54, 1.807) is 19.2 Å². The molecule has 2 rings (SSSR count). The van der Waals surface area contributed by atoms with E-state index in [0.717, 1.165) is 36.9 Å².